The topological polar surface area (TPSA) is 46.6 Å². The van der Waals surface area contributed by atoms with Crippen LogP contribution < -0.4 is 4.74 Å². The van der Waals surface area contributed by atoms with Crippen molar-refractivity contribution in [2.75, 3.05) is 19.7 Å². The van der Waals surface area contributed by atoms with Gasteiger partial charge >= 0.3 is 0 Å². The molecule has 5 heteroatoms. The summed E-state index contributed by atoms with van der Waals surface area (Å²) in [6.07, 6.45) is 3.13. The molecule has 4 nitrogen and oxygen atoms in total. The number of benzene rings is 2. The summed E-state index contributed by atoms with van der Waals surface area (Å²) >= 11 is 0. The first kappa shape index (κ1) is 19.2. The van der Waals surface area contributed by atoms with E-state index >= 15 is 0 Å². The Morgan fingerprint density at radius 3 is 2.35 bits per heavy atom. The van der Waals surface area contributed by atoms with E-state index in [1.807, 2.05) is 30.3 Å². The number of fused-ring (bicyclic) bond motifs is 1. The minimum Gasteiger partial charge on any atom is -0.493 e. The van der Waals surface area contributed by atoms with Gasteiger partial charge in [0.1, 0.15) is 5.75 Å². The average Bonchev–Trinajstić information content (AvgIpc) is 2.61. The van der Waals surface area contributed by atoms with Gasteiger partial charge in [-0.25, -0.2) is 8.42 Å². The Morgan fingerprint density at radius 1 is 1.04 bits per heavy atom. The van der Waals surface area contributed by atoms with Gasteiger partial charge in [-0.05, 0) is 36.8 Å². The molecule has 1 fully saturated rings. The lowest BCUT2D eigenvalue weighted by Gasteiger charge is -2.34. The van der Waals surface area contributed by atoms with Crippen LogP contribution in [0.5, 0.6) is 5.75 Å². The molecule has 2 aromatic carbocycles. The van der Waals surface area contributed by atoms with Gasteiger partial charge in [0.15, 0.2) is 0 Å². The van der Waals surface area contributed by atoms with Gasteiger partial charge in [-0.3, -0.25) is 0 Å². The zero-order chi connectivity index (χ0) is 18.7. The predicted octanol–water partition coefficient (Wildman–Crippen LogP) is 4.69. The number of rotatable bonds is 6. The summed E-state index contributed by atoms with van der Waals surface area (Å²) in [7, 11) is -3.52. The van der Waals surface area contributed by atoms with Gasteiger partial charge in [0, 0.05) is 23.9 Å². The van der Waals surface area contributed by atoms with Gasteiger partial charge < -0.3 is 4.74 Å². The standard InChI is InChI=1S/C21H29NO3S/c1-4-5-12-25-20-10-11-21(19-9-7-6-8-18(19)20)26(23,24)22-14-16(2)13-17(3)15-22/h6-11,16-17H,4-5,12-15H2,1-3H3/t16-,17+. The van der Waals surface area contributed by atoms with E-state index in [4.69, 9.17) is 4.74 Å². The van der Waals surface area contributed by atoms with Crippen molar-refractivity contribution in [3.05, 3.63) is 36.4 Å². The second kappa shape index (κ2) is 7.97. The van der Waals surface area contributed by atoms with E-state index in [1.165, 1.54) is 0 Å². The van der Waals surface area contributed by atoms with Gasteiger partial charge in [0.05, 0.1) is 11.5 Å². The summed E-state index contributed by atoms with van der Waals surface area (Å²) in [5, 5.41) is 1.61. The van der Waals surface area contributed by atoms with Crippen molar-refractivity contribution >= 4 is 20.8 Å². The number of unbranched alkanes of at least 4 members (excludes halogenated alkanes) is 1. The number of hydrogen-bond donors (Lipinski definition) is 0. The number of nitrogens with zero attached hydrogens (tertiary/aromatic N) is 1. The molecule has 0 aromatic heterocycles. The fourth-order valence-electron chi connectivity index (χ4n) is 3.86. The minimum absolute atomic E-state index is 0.386. The number of ether oxygens (including phenoxy) is 1. The third-order valence-electron chi connectivity index (χ3n) is 5.05. The van der Waals surface area contributed by atoms with E-state index in [1.54, 1.807) is 10.4 Å². The Kier molecular flexibility index (Phi) is 5.88. The minimum atomic E-state index is -3.52. The summed E-state index contributed by atoms with van der Waals surface area (Å²) in [6, 6.07) is 11.2. The van der Waals surface area contributed by atoms with Crippen LogP contribution in [0.15, 0.2) is 41.3 Å². The van der Waals surface area contributed by atoms with Crippen molar-refractivity contribution in [3.8, 4) is 5.75 Å². The molecule has 2 atom stereocenters. The first-order valence-electron chi connectivity index (χ1n) is 9.58. The molecule has 0 N–H and O–H groups in total. The normalized spacial score (nSPS) is 21.8. The third-order valence-corrected chi connectivity index (χ3v) is 6.94. The molecule has 1 saturated heterocycles. The fraction of sp³-hybridized carbons (Fsp3) is 0.524. The van der Waals surface area contributed by atoms with Crippen LogP contribution in [0.2, 0.25) is 0 Å². The maximum absolute atomic E-state index is 13.3. The monoisotopic (exact) mass is 375 g/mol. The van der Waals surface area contributed by atoms with E-state index in [0.717, 1.165) is 35.8 Å². The molecule has 0 aliphatic carbocycles. The molecular formula is C21H29NO3S. The lowest BCUT2D eigenvalue weighted by Crippen LogP contribution is -2.42. The van der Waals surface area contributed by atoms with Crippen molar-refractivity contribution in [2.24, 2.45) is 11.8 Å². The van der Waals surface area contributed by atoms with Crippen LogP contribution in [-0.4, -0.2) is 32.4 Å². The highest BCUT2D eigenvalue weighted by atomic mass is 32.2. The molecule has 2 aromatic rings. The molecule has 1 heterocycles. The maximum atomic E-state index is 13.3. The summed E-state index contributed by atoms with van der Waals surface area (Å²) in [5.41, 5.74) is 0. The van der Waals surface area contributed by atoms with Crippen molar-refractivity contribution in [3.63, 3.8) is 0 Å². The molecule has 0 saturated carbocycles. The van der Waals surface area contributed by atoms with E-state index in [0.29, 0.717) is 36.4 Å². The smallest absolute Gasteiger partial charge is 0.243 e. The van der Waals surface area contributed by atoms with E-state index in [-0.39, 0.29) is 0 Å². The van der Waals surface area contributed by atoms with Crippen molar-refractivity contribution in [1.82, 2.24) is 4.31 Å². The molecule has 0 spiro atoms. The van der Waals surface area contributed by atoms with Gasteiger partial charge in [0.25, 0.3) is 0 Å². The Labute approximate surface area is 157 Å². The predicted molar refractivity (Wildman–Crippen MR) is 106 cm³/mol. The zero-order valence-corrected chi connectivity index (χ0v) is 16.8. The first-order chi connectivity index (χ1) is 12.4. The van der Waals surface area contributed by atoms with Crippen molar-refractivity contribution in [2.45, 2.75) is 44.9 Å². The highest BCUT2D eigenvalue weighted by Gasteiger charge is 2.32. The van der Waals surface area contributed by atoms with Gasteiger partial charge in [0.2, 0.25) is 10.0 Å². The number of hydrogen-bond acceptors (Lipinski definition) is 3. The van der Waals surface area contributed by atoms with Gasteiger partial charge in [-0.2, -0.15) is 4.31 Å². The lowest BCUT2D eigenvalue weighted by atomic mass is 9.94. The molecule has 0 radical (unpaired) electrons. The fourth-order valence-corrected chi connectivity index (χ4v) is 5.74. The van der Waals surface area contributed by atoms with Crippen LogP contribution in [0.1, 0.15) is 40.0 Å². The lowest BCUT2D eigenvalue weighted by molar-refractivity contribution is 0.222. The van der Waals surface area contributed by atoms with Crippen molar-refractivity contribution in [1.29, 1.82) is 0 Å². The molecule has 3 rings (SSSR count). The quantitative estimate of drug-likeness (QED) is 0.689. The second-order valence-electron chi connectivity index (χ2n) is 7.58. The molecule has 26 heavy (non-hydrogen) atoms. The molecule has 0 amide bonds. The maximum Gasteiger partial charge on any atom is 0.243 e. The van der Waals surface area contributed by atoms with Crippen LogP contribution in [0, 0.1) is 11.8 Å². The SMILES string of the molecule is CCCCOc1ccc(S(=O)(=O)N2C[C@H](C)C[C@H](C)C2)c2ccccc12. The van der Waals surface area contributed by atoms with Crippen LogP contribution in [0.25, 0.3) is 10.8 Å². The second-order valence-corrected chi connectivity index (χ2v) is 9.48. The Hall–Kier alpha value is -1.59. The first-order valence-corrected chi connectivity index (χ1v) is 11.0. The van der Waals surface area contributed by atoms with E-state index in [2.05, 4.69) is 20.8 Å². The summed E-state index contributed by atoms with van der Waals surface area (Å²) in [5.74, 6) is 1.53. The molecular weight excluding hydrogens is 346 g/mol. The molecule has 1 aliphatic heterocycles. The van der Waals surface area contributed by atoms with Gasteiger partial charge in [-0.15, -0.1) is 0 Å². The summed E-state index contributed by atoms with van der Waals surface area (Å²) in [6.45, 7) is 8.21. The highest BCUT2D eigenvalue weighted by Crippen LogP contribution is 2.34. The van der Waals surface area contributed by atoms with Crippen molar-refractivity contribution < 1.29 is 13.2 Å². The van der Waals surface area contributed by atoms with Crippen LogP contribution in [-0.2, 0) is 10.0 Å². The molecule has 0 unspecified atom stereocenters. The molecule has 142 valence electrons. The number of piperidine rings is 1. The Bertz CT molecular complexity index is 853. The zero-order valence-electron chi connectivity index (χ0n) is 15.9. The third kappa shape index (κ3) is 3.89. The van der Waals surface area contributed by atoms with Crippen LogP contribution in [0.4, 0.5) is 0 Å². The van der Waals surface area contributed by atoms with Crippen LogP contribution >= 0.6 is 0 Å². The van der Waals surface area contributed by atoms with Gasteiger partial charge in [-0.1, -0.05) is 51.5 Å². The highest BCUT2D eigenvalue weighted by molar-refractivity contribution is 7.89. The molecule has 1 aliphatic rings. The molecule has 0 bridgehead atoms. The van der Waals surface area contributed by atoms with E-state index in [9.17, 15) is 8.42 Å². The van der Waals surface area contributed by atoms with E-state index < -0.39 is 10.0 Å². The van der Waals surface area contributed by atoms with Crippen LogP contribution in [0.3, 0.4) is 0 Å². The number of sulfonamides is 1. The summed E-state index contributed by atoms with van der Waals surface area (Å²) < 4.78 is 34.3. The summed E-state index contributed by atoms with van der Waals surface area (Å²) in [4.78, 5) is 0.386. The average molecular weight is 376 g/mol. The Balaban J connectivity index is 2.01. The largest absolute Gasteiger partial charge is 0.493 e. The Morgan fingerprint density at radius 2 is 1.69 bits per heavy atom.